The predicted molar refractivity (Wildman–Crippen MR) is 93.1 cm³/mol. The van der Waals surface area contributed by atoms with Gasteiger partial charge < -0.3 is 4.74 Å². The number of rotatable bonds is 5. The monoisotopic (exact) mass is 335 g/mol. The van der Waals surface area contributed by atoms with E-state index in [1.165, 1.54) is 5.56 Å². The maximum atomic E-state index is 11.7. The molecule has 0 radical (unpaired) electrons. The Labute approximate surface area is 140 Å². The zero-order chi connectivity index (χ0) is 15.9. The molecule has 5 heteroatoms. The lowest BCUT2D eigenvalue weighted by molar-refractivity contribution is 0.169. The number of hydrogen-bond acceptors (Lipinski definition) is 3. The van der Waals surface area contributed by atoms with E-state index in [-0.39, 0.29) is 0 Å². The van der Waals surface area contributed by atoms with Gasteiger partial charge in [0.2, 0.25) is 0 Å². The summed E-state index contributed by atoms with van der Waals surface area (Å²) >= 11 is 7.44. The van der Waals surface area contributed by atoms with Crippen LogP contribution in [0.1, 0.15) is 11.1 Å². The molecule has 3 nitrogen and oxygen atoms in total. The molecule has 1 N–H and O–H groups in total. The fourth-order valence-electron chi connectivity index (χ4n) is 1.80. The Morgan fingerprint density at radius 1 is 1.14 bits per heavy atom. The van der Waals surface area contributed by atoms with E-state index in [1.54, 1.807) is 11.8 Å². The number of hydrogen-bond donors (Lipinski definition) is 1. The van der Waals surface area contributed by atoms with Gasteiger partial charge in [-0.3, -0.25) is 5.32 Å². The maximum absolute atomic E-state index is 11.7. The lowest BCUT2D eigenvalue weighted by atomic mass is 10.1. The number of carbonyl (C=O) groups is 1. The third-order valence-electron chi connectivity index (χ3n) is 3.15. The van der Waals surface area contributed by atoms with E-state index in [2.05, 4.69) is 5.32 Å². The van der Waals surface area contributed by atoms with Gasteiger partial charge in [-0.2, -0.15) is 0 Å². The Morgan fingerprint density at radius 3 is 2.55 bits per heavy atom. The molecule has 22 heavy (non-hydrogen) atoms. The zero-order valence-corrected chi connectivity index (χ0v) is 14.1. The molecule has 1 amide bonds. The van der Waals surface area contributed by atoms with Crippen molar-refractivity contribution in [3.05, 3.63) is 58.6 Å². The number of benzene rings is 2. The van der Waals surface area contributed by atoms with Crippen molar-refractivity contribution in [3.8, 4) is 0 Å². The molecule has 0 aliphatic carbocycles. The number of nitrogens with one attached hydrogen (secondary N) is 1. The molecule has 0 heterocycles. The summed E-state index contributed by atoms with van der Waals surface area (Å²) in [6.07, 6.45) is -0.431. The summed E-state index contributed by atoms with van der Waals surface area (Å²) < 4.78 is 5.16. The number of ether oxygens (including phenoxy) is 1. The average Bonchev–Trinajstić information content (AvgIpc) is 2.49. The molecular formula is C17H18ClNO2S. The van der Waals surface area contributed by atoms with E-state index in [1.807, 2.05) is 56.3 Å². The Balaban J connectivity index is 1.71. The van der Waals surface area contributed by atoms with E-state index >= 15 is 0 Å². The average molecular weight is 336 g/mol. The largest absolute Gasteiger partial charge is 0.448 e. The molecule has 2 aromatic rings. The Bertz CT molecular complexity index is 644. The van der Waals surface area contributed by atoms with Crippen LogP contribution >= 0.6 is 23.4 Å². The van der Waals surface area contributed by atoms with Crippen molar-refractivity contribution in [2.45, 2.75) is 18.7 Å². The second-order valence-corrected chi connectivity index (χ2v) is 6.47. The minimum Gasteiger partial charge on any atom is -0.448 e. The number of thioether (sulfide) groups is 1. The first-order valence-electron chi connectivity index (χ1n) is 6.94. The van der Waals surface area contributed by atoms with Gasteiger partial charge in [0.15, 0.2) is 0 Å². The minimum absolute atomic E-state index is 0.351. The van der Waals surface area contributed by atoms with Gasteiger partial charge in [-0.25, -0.2) is 4.79 Å². The highest BCUT2D eigenvalue weighted by molar-refractivity contribution is 7.99. The molecule has 0 unspecified atom stereocenters. The lowest BCUT2D eigenvalue weighted by Crippen LogP contribution is -2.15. The van der Waals surface area contributed by atoms with Crippen LogP contribution < -0.4 is 5.32 Å². The van der Waals surface area contributed by atoms with Crippen LogP contribution in [-0.2, 0) is 4.74 Å². The molecule has 116 valence electrons. The summed E-state index contributed by atoms with van der Waals surface area (Å²) in [4.78, 5) is 12.8. The van der Waals surface area contributed by atoms with Crippen molar-refractivity contribution in [1.29, 1.82) is 0 Å². The molecular weight excluding hydrogens is 318 g/mol. The van der Waals surface area contributed by atoms with Crippen molar-refractivity contribution in [3.63, 3.8) is 0 Å². The molecule has 0 aliphatic rings. The van der Waals surface area contributed by atoms with Crippen molar-refractivity contribution >= 4 is 35.1 Å². The highest BCUT2D eigenvalue weighted by Crippen LogP contribution is 2.20. The summed E-state index contributed by atoms with van der Waals surface area (Å²) in [7, 11) is 0. The smallest absolute Gasteiger partial charge is 0.411 e. The van der Waals surface area contributed by atoms with Crippen LogP contribution in [0.15, 0.2) is 47.4 Å². The summed E-state index contributed by atoms with van der Waals surface area (Å²) in [5.74, 6) is 0.696. The molecule has 0 aliphatic heterocycles. The van der Waals surface area contributed by atoms with Gasteiger partial charge in [-0.1, -0.05) is 17.7 Å². The molecule has 2 rings (SSSR count). The third-order valence-corrected chi connectivity index (χ3v) is 4.38. The van der Waals surface area contributed by atoms with Crippen LogP contribution in [-0.4, -0.2) is 18.5 Å². The molecule has 0 saturated carbocycles. The number of halogens is 1. The van der Waals surface area contributed by atoms with E-state index in [0.717, 1.165) is 16.1 Å². The fraction of sp³-hybridized carbons (Fsp3) is 0.235. The number of anilines is 1. The number of aryl methyl sites for hydroxylation is 2. The summed E-state index contributed by atoms with van der Waals surface area (Å²) in [5, 5.41) is 3.44. The number of carbonyl (C=O) groups excluding carboxylic acids is 1. The van der Waals surface area contributed by atoms with E-state index in [9.17, 15) is 4.79 Å². The van der Waals surface area contributed by atoms with Gasteiger partial charge >= 0.3 is 6.09 Å². The molecule has 0 fully saturated rings. The first-order valence-corrected chi connectivity index (χ1v) is 8.30. The SMILES string of the molecule is Cc1ccc(NC(=O)OCCSc2ccc(Cl)cc2)cc1C. The third kappa shape index (κ3) is 5.28. The quantitative estimate of drug-likeness (QED) is 0.595. The second kappa shape index (κ2) is 8.11. The fourth-order valence-corrected chi connectivity index (χ4v) is 2.65. The van der Waals surface area contributed by atoms with Crippen molar-refractivity contribution in [2.24, 2.45) is 0 Å². The summed E-state index contributed by atoms with van der Waals surface area (Å²) in [6.45, 7) is 4.39. The zero-order valence-electron chi connectivity index (χ0n) is 12.6. The van der Waals surface area contributed by atoms with Crippen molar-refractivity contribution < 1.29 is 9.53 Å². The van der Waals surface area contributed by atoms with Gasteiger partial charge in [-0.05, 0) is 61.4 Å². The molecule has 0 bridgehead atoms. The van der Waals surface area contributed by atoms with Gasteiger partial charge in [0.05, 0.1) is 0 Å². The van der Waals surface area contributed by atoms with Crippen LogP contribution in [0.25, 0.3) is 0 Å². The van der Waals surface area contributed by atoms with Gasteiger partial charge in [-0.15, -0.1) is 11.8 Å². The van der Waals surface area contributed by atoms with Crippen LogP contribution in [0.3, 0.4) is 0 Å². The van der Waals surface area contributed by atoms with Crippen LogP contribution in [0.4, 0.5) is 10.5 Å². The predicted octanol–water partition coefficient (Wildman–Crippen LogP) is 5.30. The normalized spacial score (nSPS) is 10.3. The maximum Gasteiger partial charge on any atom is 0.411 e. The van der Waals surface area contributed by atoms with Gasteiger partial charge in [0.1, 0.15) is 6.61 Å². The molecule has 0 aromatic heterocycles. The van der Waals surface area contributed by atoms with Crippen LogP contribution in [0, 0.1) is 13.8 Å². The Kier molecular flexibility index (Phi) is 6.16. The van der Waals surface area contributed by atoms with Crippen molar-refractivity contribution in [1.82, 2.24) is 0 Å². The second-order valence-electron chi connectivity index (χ2n) is 4.86. The standard InChI is InChI=1S/C17H18ClNO2S/c1-12-3-6-15(11-13(12)2)19-17(20)21-9-10-22-16-7-4-14(18)5-8-16/h3-8,11H,9-10H2,1-2H3,(H,19,20). The highest BCUT2D eigenvalue weighted by atomic mass is 35.5. The van der Waals surface area contributed by atoms with Crippen molar-refractivity contribution in [2.75, 3.05) is 17.7 Å². The summed E-state index contributed by atoms with van der Waals surface area (Å²) in [6, 6.07) is 13.4. The van der Waals surface area contributed by atoms with Crippen LogP contribution in [0.2, 0.25) is 5.02 Å². The molecule has 0 atom stereocenters. The molecule has 0 saturated heterocycles. The van der Waals surface area contributed by atoms with Gasteiger partial charge in [0, 0.05) is 21.4 Å². The first-order chi connectivity index (χ1) is 10.5. The summed E-state index contributed by atoms with van der Waals surface area (Å²) in [5.41, 5.74) is 3.08. The highest BCUT2D eigenvalue weighted by Gasteiger charge is 2.04. The topological polar surface area (TPSA) is 38.3 Å². The van der Waals surface area contributed by atoms with Gasteiger partial charge in [0.25, 0.3) is 0 Å². The molecule has 0 spiro atoms. The van der Waals surface area contributed by atoms with E-state index < -0.39 is 6.09 Å². The molecule has 2 aromatic carbocycles. The minimum atomic E-state index is -0.431. The first kappa shape index (κ1) is 16.7. The lowest BCUT2D eigenvalue weighted by Gasteiger charge is -2.08. The van der Waals surface area contributed by atoms with Crippen LogP contribution in [0.5, 0.6) is 0 Å². The Morgan fingerprint density at radius 2 is 1.86 bits per heavy atom. The number of amides is 1. The van der Waals surface area contributed by atoms with E-state index in [0.29, 0.717) is 17.4 Å². The van der Waals surface area contributed by atoms with E-state index in [4.69, 9.17) is 16.3 Å². The Hall–Kier alpha value is -1.65.